The van der Waals surface area contributed by atoms with Crippen LogP contribution in [0.25, 0.3) is 0 Å². The molecule has 1 aliphatic rings. The molecule has 0 saturated carbocycles. The molecule has 15 heavy (non-hydrogen) atoms. The summed E-state index contributed by atoms with van der Waals surface area (Å²) in [6.07, 6.45) is 0.202. The molecule has 0 radical (unpaired) electrons. The highest BCUT2D eigenvalue weighted by molar-refractivity contribution is 9.10. The lowest BCUT2D eigenvalue weighted by molar-refractivity contribution is 0.0606. The summed E-state index contributed by atoms with van der Waals surface area (Å²) in [4.78, 5) is 11.7. The van der Waals surface area contributed by atoms with Gasteiger partial charge in [0.05, 0.1) is 16.5 Å². The molecule has 80 valence electrons. The van der Waals surface area contributed by atoms with Gasteiger partial charge in [-0.05, 0) is 41.9 Å². The lowest BCUT2D eigenvalue weighted by Gasteiger charge is -2.32. The fourth-order valence-electron chi connectivity index (χ4n) is 1.68. The minimum atomic E-state index is -0.569. The quantitative estimate of drug-likeness (QED) is 0.724. The van der Waals surface area contributed by atoms with Gasteiger partial charge in [0.15, 0.2) is 5.78 Å². The number of ether oxygens (including phenoxy) is 1. The van der Waals surface area contributed by atoms with Gasteiger partial charge in [-0.25, -0.2) is 4.39 Å². The van der Waals surface area contributed by atoms with Crippen LogP contribution < -0.4 is 4.74 Å². The van der Waals surface area contributed by atoms with Gasteiger partial charge in [0.25, 0.3) is 0 Å². The number of halogens is 2. The van der Waals surface area contributed by atoms with Crippen LogP contribution in [0.4, 0.5) is 4.39 Å². The number of rotatable bonds is 0. The summed E-state index contributed by atoms with van der Waals surface area (Å²) in [7, 11) is 0. The van der Waals surface area contributed by atoms with Gasteiger partial charge in [0.1, 0.15) is 17.2 Å². The Kier molecular flexibility index (Phi) is 2.34. The molecule has 1 aromatic carbocycles. The van der Waals surface area contributed by atoms with Gasteiger partial charge in [-0.3, -0.25) is 4.79 Å². The molecule has 0 bridgehead atoms. The van der Waals surface area contributed by atoms with Crippen LogP contribution in [-0.2, 0) is 0 Å². The Hall–Kier alpha value is -0.900. The molecule has 0 fully saturated rings. The molecule has 0 aliphatic carbocycles. The minimum absolute atomic E-state index is 0.0590. The minimum Gasteiger partial charge on any atom is -0.485 e. The van der Waals surface area contributed by atoms with Crippen molar-refractivity contribution in [1.82, 2.24) is 0 Å². The van der Waals surface area contributed by atoms with Crippen molar-refractivity contribution in [2.24, 2.45) is 0 Å². The van der Waals surface area contributed by atoms with E-state index in [0.717, 1.165) is 0 Å². The van der Waals surface area contributed by atoms with Crippen LogP contribution in [0.3, 0.4) is 0 Å². The number of fused-ring (bicyclic) bond motifs is 1. The van der Waals surface area contributed by atoms with E-state index in [1.54, 1.807) is 6.07 Å². The summed E-state index contributed by atoms with van der Waals surface area (Å²) in [6.45, 7) is 3.62. The smallest absolute Gasteiger partial charge is 0.173 e. The maximum Gasteiger partial charge on any atom is 0.173 e. The highest BCUT2D eigenvalue weighted by atomic mass is 79.9. The lowest BCUT2D eigenvalue weighted by Crippen LogP contribution is -2.36. The second-order valence-corrected chi connectivity index (χ2v) is 5.05. The summed E-state index contributed by atoms with van der Waals surface area (Å²) in [5, 5.41) is 0. The fourth-order valence-corrected chi connectivity index (χ4v) is 2.09. The van der Waals surface area contributed by atoms with Gasteiger partial charge in [0, 0.05) is 0 Å². The van der Waals surface area contributed by atoms with E-state index in [1.807, 2.05) is 13.8 Å². The van der Waals surface area contributed by atoms with E-state index in [-0.39, 0.29) is 17.8 Å². The van der Waals surface area contributed by atoms with Crippen LogP contribution in [0.15, 0.2) is 16.6 Å². The van der Waals surface area contributed by atoms with Crippen LogP contribution in [0.5, 0.6) is 5.75 Å². The molecule has 2 nitrogen and oxygen atoms in total. The van der Waals surface area contributed by atoms with E-state index in [9.17, 15) is 9.18 Å². The average Bonchev–Trinajstić information content (AvgIpc) is 2.09. The van der Waals surface area contributed by atoms with Crippen LogP contribution >= 0.6 is 15.9 Å². The second kappa shape index (κ2) is 3.30. The van der Waals surface area contributed by atoms with Crippen LogP contribution in [-0.4, -0.2) is 11.4 Å². The number of ketones is 1. The number of carbonyl (C=O) groups excluding carboxylic acids is 1. The molecule has 0 unspecified atom stereocenters. The molecule has 2 rings (SSSR count). The summed E-state index contributed by atoms with van der Waals surface area (Å²) in [5.74, 6) is -0.412. The van der Waals surface area contributed by atoms with Crippen molar-refractivity contribution in [3.63, 3.8) is 0 Å². The monoisotopic (exact) mass is 272 g/mol. The Balaban J connectivity index is 2.64. The molecule has 0 spiro atoms. The molecular weight excluding hydrogens is 263 g/mol. The standard InChI is InChI=1S/C11H10BrFO2/c1-11(2)5-8(14)9-7(13)4-3-6(12)10(9)15-11/h3-4H,5H2,1-2H3. The van der Waals surface area contributed by atoms with Crippen molar-refractivity contribution >= 4 is 21.7 Å². The number of benzene rings is 1. The maximum atomic E-state index is 13.4. The molecule has 4 heteroatoms. The van der Waals surface area contributed by atoms with Crippen molar-refractivity contribution in [3.8, 4) is 5.75 Å². The number of carbonyl (C=O) groups is 1. The molecule has 1 aliphatic heterocycles. The molecule has 0 N–H and O–H groups in total. The molecule has 0 aromatic heterocycles. The zero-order chi connectivity index (χ0) is 11.2. The number of hydrogen-bond acceptors (Lipinski definition) is 2. The van der Waals surface area contributed by atoms with E-state index in [1.165, 1.54) is 6.07 Å². The third-order valence-corrected chi connectivity index (χ3v) is 2.93. The lowest BCUT2D eigenvalue weighted by atomic mass is 9.93. The third kappa shape index (κ3) is 1.78. The third-order valence-electron chi connectivity index (χ3n) is 2.30. The predicted molar refractivity (Wildman–Crippen MR) is 57.8 cm³/mol. The Morgan fingerprint density at radius 1 is 1.47 bits per heavy atom. The first kappa shape index (κ1) is 10.6. The summed E-state index contributed by atoms with van der Waals surface area (Å²) < 4.78 is 19.6. The van der Waals surface area contributed by atoms with Crippen molar-refractivity contribution in [3.05, 3.63) is 28.0 Å². The van der Waals surface area contributed by atoms with Gasteiger partial charge in [-0.15, -0.1) is 0 Å². The normalized spacial score (nSPS) is 18.3. The first-order chi connectivity index (χ1) is 6.91. The Labute approximate surface area is 95.6 Å². The Morgan fingerprint density at radius 2 is 2.13 bits per heavy atom. The van der Waals surface area contributed by atoms with Crippen LogP contribution in [0.1, 0.15) is 30.6 Å². The van der Waals surface area contributed by atoms with E-state index in [0.29, 0.717) is 10.2 Å². The van der Waals surface area contributed by atoms with E-state index in [2.05, 4.69) is 15.9 Å². The zero-order valence-electron chi connectivity index (χ0n) is 8.43. The van der Waals surface area contributed by atoms with Crippen molar-refractivity contribution < 1.29 is 13.9 Å². The molecule has 1 aromatic rings. The van der Waals surface area contributed by atoms with Gasteiger partial charge in [-0.2, -0.15) is 0 Å². The summed E-state index contributed by atoms with van der Waals surface area (Å²) in [5.41, 5.74) is -0.510. The van der Waals surface area contributed by atoms with E-state index in [4.69, 9.17) is 4.74 Å². The van der Waals surface area contributed by atoms with Crippen molar-refractivity contribution in [1.29, 1.82) is 0 Å². The second-order valence-electron chi connectivity index (χ2n) is 4.20. The molecule has 0 atom stereocenters. The molecule has 0 saturated heterocycles. The average molecular weight is 273 g/mol. The first-order valence-electron chi connectivity index (χ1n) is 4.61. The van der Waals surface area contributed by atoms with E-state index >= 15 is 0 Å². The van der Waals surface area contributed by atoms with Crippen molar-refractivity contribution in [2.75, 3.05) is 0 Å². The molecular formula is C11H10BrFO2. The maximum absolute atomic E-state index is 13.4. The topological polar surface area (TPSA) is 26.3 Å². The van der Waals surface area contributed by atoms with Gasteiger partial charge in [-0.1, -0.05) is 0 Å². The first-order valence-corrected chi connectivity index (χ1v) is 5.40. The fraction of sp³-hybridized carbons (Fsp3) is 0.364. The summed E-state index contributed by atoms with van der Waals surface area (Å²) >= 11 is 3.25. The highest BCUT2D eigenvalue weighted by Crippen LogP contribution is 2.39. The van der Waals surface area contributed by atoms with E-state index < -0.39 is 11.4 Å². The van der Waals surface area contributed by atoms with Gasteiger partial charge in [0.2, 0.25) is 0 Å². The molecule has 0 amide bonds. The molecule has 1 heterocycles. The SMILES string of the molecule is CC1(C)CC(=O)c2c(F)ccc(Br)c2O1. The predicted octanol–water partition coefficient (Wildman–Crippen LogP) is 3.33. The van der Waals surface area contributed by atoms with Gasteiger partial charge < -0.3 is 4.74 Å². The Bertz CT molecular complexity index is 440. The number of Topliss-reactive ketones (excluding diaryl/α,β-unsaturated/α-hetero) is 1. The summed E-state index contributed by atoms with van der Waals surface area (Å²) in [6, 6.07) is 2.81. The van der Waals surface area contributed by atoms with Crippen LogP contribution in [0, 0.1) is 5.82 Å². The van der Waals surface area contributed by atoms with Crippen molar-refractivity contribution in [2.45, 2.75) is 25.9 Å². The van der Waals surface area contributed by atoms with Gasteiger partial charge >= 0.3 is 0 Å². The largest absolute Gasteiger partial charge is 0.485 e. The highest BCUT2D eigenvalue weighted by Gasteiger charge is 2.35. The number of hydrogen-bond donors (Lipinski definition) is 0. The zero-order valence-corrected chi connectivity index (χ0v) is 10.0. The van der Waals surface area contributed by atoms with Crippen LogP contribution in [0.2, 0.25) is 0 Å². The Morgan fingerprint density at radius 3 is 2.80 bits per heavy atom.